The lowest BCUT2D eigenvalue weighted by atomic mass is 10.2. The molecule has 1 N–H and O–H groups in total. The molecule has 0 amide bonds. The lowest BCUT2D eigenvalue weighted by molar-refractivity contribution is -0.384. The van der Waals surface area contributed by atoms with Crippen LogP contribution < -0.4 is 5.32 Å². The van der Waals surface area contributed by atoms with Gasteiger partial charge in [0.25, 0.3) is 5.69 Å². The molecule has 134 valence electrons. The second-order valence-corrected chi connectivity index (χ2v) is 11.6. The van der Waals surface area contributed by atoms with E-state index in [1.807, 2.05) is 18.2 Å². The van der Waals surface area contributed by atoms with Crippen molar-refractivity contribution in [2.45, 2.75) is 45.3 Å². The van der Waals surface area contributed by atoms with E-state index in [2.05, 4.69) is 25.7 Å². The molecule has 0 aromatic heterocycles. The lowest BCUT2D eigenvalue weighted by Crippen LogP contribution is -2.24. The molecule has 0 aliphatic carbocycles. The first kappa shape index (κ1) is 21.0. The highest BCUT2D eigenvalue weighted by molar-refractivity contribution is 8.14. The Morgan fingerprint density at radius 1 is 1.25 bits per heavy atom. The molecular weight excluding hydrogens is 339 g/mol. The summed E-state index contributed by atoms with van der Waals surface area (Å²) in [6.45, 7) is 8.87. The Morgan fingerprint density at radius 2 is 1.79 bits per heavy atom. The van der Waals surface area contributed by atoms with E-state index in [1.54, 1.807) is 12.1 Å². The molecule has 24 heavy (non-hydrogen) atoms. The maximum Gasteiger partial charge on any atom is 0.269 e. The van der Waals surface area contributed by atoms with E-state index in [9.17, 15) is 10.1 Å². The molecular formula is C18H29N2O2PS. The molecule has 1 unspecified atom stereocenters. The minimum Gasteiger partial charge on any atom is -0.302 e. The Balaban J connectivity index is 3.16. The smallest absolute Gasteiger partial charge is 0.269 e. The van der Waals surface area contributed by atoms with E-state index in [1.165, 1.54) is 0 Å². The summed E-state index contributed by atoms with van der Waals surface area (Å²) in [5, 5.41) is 14.4. The van der Waals surface area contributed by atoms with Crippen molar-refractivity contribution >= 4 is 23.5 Å². The minimum atomic E-state index is -1.65. The van der Waals surface area contributed by atoms with Gasteiger partial charge in [0.2, 0.25) is 0 Å². The number of nitrogens with one attached hydrogen (secondary N) is 1. The molecule has 1 aromatic rings. The van der Waals surface area contributed by atoms with Crippen molar-refractivity contribution in [2.75, 3.05) is 18.9 Å². The largest absolute Gasteiger partial charge is 0.302 e. The molecule has 0 fully saturated rings. The monoisotopic (exact) mass is 368 g/mol. The third-order valence-electron chi connectivity index (χ3n) is 4.13. The average molecular weight is 368 g/mol. The second kappa shape index (κ2) is 10.8. The van der Waals surface area contributed by atoms with Crippen LogP contribution in [-0.4, -0.2) is 23.8 Å². The molecule has 0 saturated carbocycles. The lowest BCUT2D eigenvalue weighted by Gasteiger charge is -2.33. The van der Waals surface area contributed by atoms with E-state index in [4.69, 9.17) is 11.8 Å². The maximum absolute atomic E-state index is 10.9. The van der Waals surface area contributed by atoms with Gasteiger partial charge in [0.05, 0.1) is 10.7 Å². The quantitative estimate of drug-likeness (QED) is 0.231. The molecule has 1 rings (SSSR count). The van der Waals surface area contributed by atoms with Crippen molar-refractivity contribution in [1.29, 1.82) is 0 Å². The number of hydrogen-bond acceptors (Lipinski definition) is 4. The predicted octanol–water partition coefficient (Wildman–Crippen LogP) is 5.45. The molecule has 0 heterocycles. The predicted molar refractivity (Wildman–Crippen MR) is 108 cm³/mol. The van der Waals surface area contributed by atoms with E-state index in [0.717, 1.165) is 43.6 Å². The number of nitrogens with zero attached hydrogens (tertiary/aromatic N) is 1. The summed E-state index contributed by atoms with van der Waals surface area (Å²) >= 11 is 6.21. The zero-order valence-electron chi connectivity index (χ0n) is 14.7. The van der Waals surface area contributed by atoms with Gasteiger partial charge >= 0.3 is 0 Å². The van der Waals surface area contributed by atoms with Gasteiger partial charge in [-0.3, -0.25) is 10.1 Å². The summed E-state index contributed by atoms with van der Waals surface area (Å²) in [5.41, 5.74) is 1.19. The Kier molecular flexibility index (Phi) is 9.42. The zero-order chi connectivity index (χ0) is 18.0. The van der Waals surface area contributed by atoms with Gasteiger partial charge in [-0.05, 0) is 36.8 Å². The van der Waals surface area contributed by atoms with Crippen LogP contribution in [0.25, 0.3) is 0 Å². The van der Waals surface area contributed by atoms with Crippen molar-refractivity contribution in [3.8, 4) is 0 Å². The summed E-state index contributed by atoms with van der Waals surface area (Å²) in [7, 11) is 0. The topological polar surface area (TPSA) is 55.2 Å². The number of nitro benzene ring substituents is 1. The van der Waals surface area contributed by atoms with Gasteiger partial charge in [0.15, 0.2) is 0 Å². The SMILES string of the molecule is C=CCNC(c1ccc([N+](=O)[O-])cc1)P(=S)(CCCC)CCCC. The van der Waals surface area contributed by atoms with Crippen LogP contribution in [0.15, 0.2) is 36.9 Å². The van der Waals surface area contributed by atoms with Gasteiger partial charge in [-0.25, -0.2) is 0 Å². The van der Waals surface area contributed by atoms with Gasteiger partial charge in [0.1, 0.15) is 0 Å². The highest BCUT2D eigenvalue weighted by Gasteiger charge is 2.28. The Bertz CT molecular complexity index is 563. The van der Waals surface area contributed by atoms with Crippen LogP contribution in [0.4, 0.5) is 5.69 Å². The molecule has 6 heteroatoms. The average Bonchev–Trinajstić information content (AvgIpc) is 2.59. The summed E-state index contributed by atoms with van der Waals surface area (Å²) in [4.78, 5) is 10.5. The van der Waals surface area contributed by atoms with Crippen LogP contribution in [-0.2, 0) is 11.8 Å². The number of non-ortho nitro benzene ring substituents is 1. The van der Waals surface area contributed by atoms with Crippen molar-refractivity contribution in [3.63, 3.8) is 0 Å². The Morgan fingerprint density at radius 3 is 2.21 bits per heavy atom. The van der Waals surface area contributed by atoms with Crippen LogP contribution in [0, 0.1) is 10.1 Å². The molecule has 0 bridgehead atoms. The Hall–Kier alpha value is -1.03. The fourth-order valence-electron chi connectivity index (χ4n) is 2.75. The summed E-state index contributed by atoms with van der Waals surface area (Å²) in [6, 6.07) is 5.23. The highest BCUT2D eigenvalue weighted by atomic mass is 32.4. The molecule has 0 radical (unpaired) electrons. The van der Waals surface area contributed by atoms with E-state index < -0.39 is 6.04 Å². The van der Waals surface area contributed by atoms with Gasteiger partial charge in [-0.15, -0.1) is 6.58 Å². The molecule has 0 aliphatic heterocycles. The van der Waals surface area contributed by atoms with Crippen molar-refractivity contribution < 1.29 is 4.92 Å². The number of nitro groups is 1. The molecule has 1 aromatic carbocycles. The molecule has 0 aliphatic rings. The van der Waals surface area contributed by atoms with Gasteiger partial charge in [-0.1, -0.05) is 56.7 Å². The molecule has 0 spiro atoms. The number of benzene rings is 1. The minimum absolute atomic E-state index is 0.101. The van der Waals surface area contributed by atoms with E-state index in [-0.39, 0.29) is 16.4 Å². The molecule has 4 nitrogen and oxygen atoms in total. The fraction of sp³-hybridized carbons (Fsp3) is 0.556. The number of hydrogen-bond donors (Lipinski definition) is 1. The van der Waals surface area contributed by atoms with Gasteiger partial charge in [-0.2, -0.15) is 0 Å². The van der Waals surface area contributed by atoms with Crippen molar-refractivity contribution in [1.82, 2.24) is 5.32 Å². The van der Waals surface area contributed by atoms with Crippen LogP contribution in [0.5, 0.6) is 0 Å². The first-order valence-electron chi connectivity index (χ1n) is 8.64. The fourth-order valence-corrected chi connectivity index (χ4v) is 7.71. The molecule has 0 saturated heterocycles. The van der Waals surface area contributed by atoms with Gasteiger partial charge in [0, 0.05) is 18.7 Å². The summed E-state index contributed by atoms with van der Waals surface area (Å²) < 4.78 is 0. The van der Waals surface area contributed by atoms with Crippen LogP contribution >= 0.6 is 6.04 Å². The van der Waals surface area contributed by atoms with E-state index >= 15 is 0 Å². The first-order chi connectivity index (χ1) is 11.5. The normalized spacial score (nSPS) is 12.8. The number of rotatable bonds is 12. The highest BCUT2D eigenvalue weighted by Crippen LogP contribution is 2.59. The standard InChI is InChI=1S/C18H29N2O2PS/c1-4-7-14-23(24,15-8-5-2)18(19-13-6-3)16-9-11-17(12-10-16)20(21)22/h6,9-12,18-19H,3-5,7-8,13-15H2,1-2H3. The Labute approximate surface area is 150 Å². The van der Waals surface area contributed by atoms with Crippen LogP contribution in [0.3, 0.4) is 0 Å². The first-order valence-corrected chi connectivity index (χ1v) is 11.9. The summed E-state index contributed by atoms with van der Waals surface area (Å²) in [6.07, 6.45) is 8.55. The second-order valence-electron chi connectivity index (χ2n) is 6.05. The van der Waals surface area contributed by atoms with Crippen LogP contribution in [0.2, 0.25) is 0 Å². The maximum atomic E-state index is 10.9. The zero-order valence-corrected chi connectivity index (χ0v) is 16.5. The third kappa shape index (κ3) is 6.12. The third-order valence-corrected chi connectivity index (χ3v) is 9.42. The van der Waals surface area contributed by atoms with Crippen molar-refractivity contribution in [2.24, 2.45) is 0 Å². The number of unbranched alkanes of at least 4 members (excludes halogenated alkanes) is 2. The van der Waals surface area contributed by atoms with E-state index in [0.29, 0.717) is 6.54 Å². The molecule has 1 atom stereocenters. The van der Waals surface area contributed by atoms with Gasteiger partial charge < -0.3 is 5.32 Å². The van der Waals surface area contributed by atoms with Crippen molar-refractivity contribution in [3.05, 3.63) is 52.6 Å². The van der Waals surface area contributed by atoms with Crippen LogP contribution in [0.1, 0.15) is 50.9 Å². The summed E-state index contributed by atoms with van der Waals surface area (Å²) in [5.74, 6) is 0.101.